The SMILES string of the molecule is Cn1nncc1C(=O)c1ccc(Br)c(Cl)c1. The molecule has 0 atom stereocenters. The molecule has 2 rings (SSSR count). The Hall–Kier alpha value is -1.20. The second-order valence-corrected chi connectivity index (χ2v) is 4.46. The Bertz CT molecular complexity index is 553. The maximum atomic E-state index is 12.0. The number of carbonyl (C=O) groups excluding carboxylic acids is 1. The minimum atomic E-state index is -0.151. The first kappa shape index (κ1) is 11.3. The molecule has 0 aliphatic rings. The zero-order valence-electron chi connectivity index (χ0n) is 8.32. The zero-order chi connectivity index (χ0) is 11.7. The number of aromatic nitrogens is 3. The predicted molar refractivity (Wildman–Crippen MR) is 63.6 cm³/mol. The maximum absolute atomic E-state index is 12.0. The van der Waals surface area contributed by atoms with Crippen molar-refractivity contribution in [1.82, 2.24) is 15.0 Å². The lowest BCUT2D eigenvalue weighted by atomic mass is 10.1. The van der Waals surface area contributed by atoms with Gasteiger partial charge in [-0.3, -0.25) is 4.79 Å². The Morgan fingerprint density at radius 1 is 1.50 bits per heavy atom. The van der Waals surface area contributed by atoms with Gasteiger partial charge >= 0.3 is 0 Å². The number of hydrogen-bond donors (Lipinski definition) is 0. The van der Waals surface area contributed by atoms with E-state index < -0.39 is 0 Å². The van der Waals surface area contributed by atoms with E-state index in [2.05, 4.69) is 26.2 Å². The minimum Gasteiger partial charge on any atom is -0.287 e. The normalized spacial score (nSPS) is 10.4. The van der Waals surface area contributed by atoms with Crippen molar-refractivity contribution in [3.8, 4) is 0 Å². The third-order valence-electron chi connectivity index (χ3n) is 2.13. The third-order valence-corrected chi connectivity index (χ3v) is 3.36. The van der Waals surface area contributed by atoms with Gasteiger partial charge in [-0.15, -0.1) is 5.10 Å². The highest BCUT2D eigenvalue weighted by Crippen LogP contribution is 2.24. The third kappa shape index (κ3) is 2.01. The number of carbonyl (C=O) groups is 1. The molecule has 0 radical (unpaired) electrons. The number of nitrogens with zero attached hydrogens (tertiary/aromatic N) is 3. The van der Waals surface area contributed by atoms with Gasteiger partial charge in [0.25, 0.3) is 0 Å². The Morgan fingerprint density at radius 2 is 2.25 bits per heavy atom. The second kappa shape index (κ2) is 4.35. The summed E-state index contributed by atoms with van der Waals surface area (Å²) in [4.78, 5) is 12.0. The zero-order valence-corrected chi connectivity index (χ0v) is 10.7. The van der Waals surface area contributed by atoms with Crippen molar-refractivity contribution in [1.29, 1.82) is 0 Å². The lowest BCUT2D eigenvalue weighted by Gasteiger charge is -2.02. The molecule has 0 bridgehead atoms. The van der Waals surface area contributed by atoms with Gasteiger partial charge in [0.1, 0.15) is 5.69 Å². The maximum Gasteiger partial charge on any atom is 0.212 e. The number of rotatable bonds is 2. The molecule has 2 aromatic rings. The second-order valence-electron chi connectivity index (χ2n) is 3.20. The molecule has 82 valence electrons. The molecule has 0 N–H and O–H groups in total. The van der Waals surface area contributed by atoms with Crippen molar-refractivity contribution in [3.05, 3.63) is 45.1 Å². The minimum absolute atomic E-state index is 0.151. The van der Waals surface area contributed by atoms with Crippen molar-refractivity contribution in [2.75, 3.05) is 0 Å². The van der Waals surface area contributed by atoms with Crippen LogP contribution in [0.4, 0.5) is 0 Å². The molecule has 6 heteroatoms. The molecule has 1 aromatic carbocycles. The molecule has 0 saturated heterocycles. The van der Waals surface area contributed by atoms with E-state index in [9.17, 15) is 4.79 Å². The summed E-state index contributed by atoms with van der Waals surface area (Å²) in [6.07, 6.45) is 1.43. The molecule has 0 unspecified atom stereocenters. The first-order valence-electron chi connectivity index (χ1n) is 4.44. The van der Waals surface area contributed by atoms with Crippen LogP contribution in [0.15, 0.2) is 28.9 Å². The van der Waals surface area contributed by atoms with E-state index in [4.69, 9.17) is 11.6 Å². The quantitative estimate of drug-likeness (QED) is 0.801. The summed E-state index contributed by atoms with van der Waals surface area (Å²) in [5.41, 5.74) is 0.942. The molecule has 1 aromatic heterocycles. The summed E-state index contributed by atoms with van der Waals surface area (Å²) >= 11 is 9.19. The lowest BCUT2D eigenvalue weighted by molar-refractivity contribution is 0.103. The Morgan fingerprint density at radius 3 is 2.81 bits per heavy atom. The fraction of sp³-hybridized carbons (Fsp3) is 0.100. The molecule has 0 saturated carbocycles. The summed E-state index contributed by atoms with van der Waals surface area (Å²) in [5.74, 6) is -0.151. The van der Waals surface area contributed by atoms with Gasteiger partial charge in [-0.25, -0.2) is 4.68 Å². The molecule has 16 heavy (non-hydrogen) atoms. The van der Waals surface area contributed by atoms with E-state index in [1.165, 1.54) is 10.9 Å². The fourth-order valence-corrected chi connectivity index (χ4v) is 1.71. The summed E-state index contributed by atoms with van der Waals surface area (Å²) in [6, 6.07) is 5.05. The molecule has 4 nitrogen and oxygen atoms in total. The smallest absolute Gasteiger partial charge is 0.212 e. The number of benzene rings is 1. The first-order valence-corrected chi connectivity index (χ1v) is 5.61. The van der Waals surface area contributed by atoms with Gasteiger partial charge in [-0.2, -0.15) is 0 Å². The van der Waals surface area contributed by atoms with Crippen molar-refractivity contribution >= 4 is 33.3 Å². The summed E-state index contributed by atoms with van der Waals surface area (Å²) in [5, 5.41) is 7.87. The van der Waals surface area contributed by atoms with Crippen LogP contribution in [0.5, 0.6) is 0 Å². The first-order chi connectivity index (χ1) is 7.59. The number of hydrogen-bond acceptors (Lipinski definition) is 3. The number of ketones is 1. The lowest BCUT2D eigenvalue weighted by Crippen LogP contribution is -2.08. The van der Waals surface area contributed by atoms with Crippen LogP contribution >= 0.6 is 27.5 Å². The highest BCUT2D eigenvalue weighted by atomic mass is 79.9. The van der Waals surface area contributed by atoms with Crippen LogP contribution in [-0.4, -0.2) is 20.8 Å². The Kier molecular flexibility index (Phi) is 3.07. The van der Waals surface area contributed by atoms with Gasteiger partial charge in [0.2, 0.25) is 5.78 Å². The average molecular weight is 301 g/mol. The van der Waals surface area contributed by atoms with Crippen molar-refractivity contribution in [2.45, 2.75) is 0 Å². The van der Waals surface area contributed by atoms with Crippen LogP contribution in [0.3, 0.4) is 0 Å². The van der Waals surface area contributed by atoms with Crippen LogP contribution < -0.4 is 0 Å². The monoisotopic (exact) mass is 299 g/mol. The van der Waals surface area contributed by atoms with E-state index in [1.807, 2.05) is 0 Å². The topological polar surface area (TPSA) is 47.8 Å². The predicted octanol–water partition coefficient (Wildman–Crippen LogP) is 2.46. The number of aryl methyl sites for hydroxylation is 1. The number of halogens is 2. The molecule has 0 aliphatic carbocycles. The van der Waals surface area contributed by atoms with Crippen LogP contribution in [0.2, 0.25) is 5.02 Å². The van der Waals surface area contributed by atoms with Gasteiger partial charge in [0.15, 0.2) is 0 Å². The van der Waals surface area contributed by atoms with E-state index in [-0.39, 0.29) is 5.78 Å². The molecular formula is C10H7BrClN3O. The Balaban J connectivity index is 2.42. The van der Waals surface area contributed by atoms with E-state index in [1.54, 1.807) is 25.2 Å². The van der Waals surface area contributed by atoms with Gasteiger partial charge in [-0.05, 0) is 34.1 Å². The average Bonchev–Trinajstić information content (AvgIpc) is 2.67. The molecule has 0 fully saturated rings. The van der Waals surface area contributed by atoms with E-state index in [0.29, 0.717) is 16.3 Å². The van der Waals surface area contributed by atoms with Crippen molar-refractivity contribution < 1.29 is 4.79 Å². The highest BCUT2D eigenvalue weighted by molar-refractivity contribution is 9.10. The summed E-state index contributed by atoms with van der Waals surface area (Å²) in [6.45, 7) is 0. The molecule has 1 heterocycles. The standard InChI is InChI=1S/C10H7BrClN3O/c1-15-9(5-13-14-15)10(16)6-2-3-7(11)8(12)4-6/h2-5H,1H3. The molecular weight excluding hydrogens is 293 g/mol. The molecule has 0 amide bonds. The van der Waals surface area contributed by atoms with E-state index >= 15 is 0 Å². The fourth-order valence-electron chi connectivity index (χ4n) is 1.28. The van der Waals surface area contributed by atoms with Gasteiger partial charge in [0.05, 0.1) is 11.2 Å². The molecule has 0 aliphatic heterocycles. The van der Waals surface area contributed by atoms with Crippen LogP contribution in [-0.2, 0) is 7.05 Å². The molecule has 0 spiro atoms. The summed E-state index contributed by atoms with van der Waals surface area (Å²) in [7, 11) is 1.67. The highest BCUT2D eigenvalue weighted by Gasteiger charge is 2.14. The van der Waals surface area contributed by atoms with Crippen LogP contribution in [0.1, 0.15) is 16.1 Å². The van der Waals surface area contributed by atoms with Gasteiger partial charge in [0, 0.05) is 17.1 Å². The van der Waals surface area contributed by atoms with Gasteiger partial charge < -0.3 is 0 Å². The largest absolute Gasteiger partial charge is 0.287 e. The van der Waals surface area contributed by atoms with Crippen LogP contribution in [0, 0.1) is 0 Å². The van der Waals surface area contributed by atoms with Crippen LogP contribution in [0.25, 0.3) is 0 Å². The van der Waals surface area contributed by atoms with Gasteiger partial charge in [-0.1, -0.05) is 16.8 Å². The van der Waals surface area contributed by atoms with Crippen molar-refractivity contribution in [3.63, 3.8) is 0 Å². The Labute approximate surface area is 105 Å². The summed E-state index contributed by atoms with van der Waals surface area (Å²) < 4.78 is 2.19. The van der Waals surface area contributed by atoms with Crippen molar-refractivity contribution in [2.24, 2.45) is 7.05 Å². The van der Waals surface area contributed by atoms with E-state index in [0.717, 1.165) is 4.47 Å².